The van der Waals surface area contributed by atoms with Gasteiger partial charge in [-0.15, -0.1) is 0 Å². The molecule has 5 aromatic rings. The minimum Gasteiger partial charge on any atom is -0.508 e. The highest BCUT2D eigenvalue weighted by atomic mass is 31.2. The number of rotatable bonds is 17. The Morgan fingerprint density at radius 2 is 0.739 bits per heavy atom. The van der Waals surface area contributed by atoms with Crippen LogP contribution in [0, 0.1) is 0 Å². The highest BCUT2D eigenvalue weighted by Gasteiger charge is 2.44. The van der Waals surface area contributed by atoms with Crippen molar-refractivity contribution in [1.82, 2.24) is 0 Å². The number of hydrogen-bond donors (Lipinski definition) is 2. The molecule has 5 aromatic carbocycles. The van der Waals surface area contributed by atoms with E-state index in [-0.39, 0.29) is 5.41 Å². The Morgan fingerprint density at radius 3 is 1.11 bits per heavy atom. The van der Waals surface area contributed by atoms with Crippen LogP contribution in [-0.4, -0.2) is 16.4 Å². The molecule has 0 aliphatic carbocycles. The Hall–Kier alpha value is -3.87. The van der Waals surface area contributed by atoms with Gasteiger partial charge in [-0.2, -0.15) is 0 Å². The van der Waals surface area contributed by atoms with Crippen LogP contribution in [0.4, 0.5) is 0 Å². The molecule has 0 heterocycles. The van der Waals surface area contributed by atoms with Gasteiger partial charge in [-0.1, -0.05) is 131 Å². The number of aromatic hydroxyl groups is 2. The molecule has 0 amide bonds. The molecule has 0 aliphatic rings. The molecule has 0 bridgehead atoms. The van der Waals surface area contributed by atoms with E-state index in [1.807, 2.05) is 24.3 Å². The Balaban J connectivity index is 1.09. The van der Waals surface area contributed by atoms with Crippen LogP contribution in [0.3, 0.4) is 0 Å². The number of phenols is 2. The van der Waals surface area contributed by atoms with Gasteiger partial charge in [0.05, 0.1) is 6.16 Å². The van der Waals surface area contributed by atoms with Crippen LogP contribution >= 0.6 is 7.26 Å². The van der Waals surface area contributed by atoms with E-state index in [2.05, 4.69) is 97.9 Å². The monoisotopic (exact) mass is 629 g/mol. The molecular weight excluding hydrogens is 579 g/mol. The van der Waals surface area contributed by atoms with Gasteiger partial charge in [-0.3, -0.25) is 0 Å². The van der Waals surface area contributed by atoms with Crippen LogP contribution in [-0.2, 0) is 5.41 Å². The summed E-state index contributed by atoms with van der Waals surface area (Å²) in [7, 11) is -1.72. The van der Waals surface area contributed by atoms with E-state index in [9.17, 15) is 10.2 Å². The minimum absolute atomic E-state index is 0.154. The van der Waals surface area contributed by atoms with E-state index in [1.165, 1.54) is 84.6 Å². The zero-order valence-electron chi connectivity index (χ0n) is 27.4. The summed E-state index contributed by atoms with van der Waals surface area (Å²) in [6.45, 7) is 2.29. The molecule has 0 radical (unpaired) electrons. The maximum atomic E-state index is 9.84. The van der Waals surface area contributed by atoms with E-state index in [4.69, 9.17) is 0 Å². The summed E-state index contributed by atoms with van der Waals surface area (Å²) in [5, 5.41) is 24.1. The fourth-order valence-electron chi connectivity index (χ4n) is 7.06. The van der Waals surface area contributed by atoms with Gasteiger partial charge >= 0.3 is 0 Å². The van der Waals surface area contributed by atoms with Crippen molar-refractivity contribution >= 4 is 23.2 Å². The maximum Gasteiger partial charge on any atom is 0.115 e. The zero-order valence-corrected chi connectivity index (χ0v) is 28.3. The van der Waals surface area contributed by atoms with Gasteiger partial charge in [0.15, 0.2) is 0 Å². The minimum atomic E-state index is -1.72. The number of hydrogen-bond acceptors (Lipinski definition) is 2. The molecule has 2 N–H and O–H groups in total. The third-order valence-corrected chi connectivity index (χ3v) is 14.3. The lowest BCUT2D eigenvalue weighted by molar-refractivity contribution is 0.459. The van der Waals surface area contributed by atoms with Crippen LogP contribution < -0.4 is 15.9 Å². The van der Waals surface area contributed by atoms with Gasteiger partial charge in [0, 0.05) is 5.41 Å². The van der Waals surface area contributed by atoms with E-state index >= 15 is 0 Å². The lowest BCUT2D eigenvalue weighted by Gasteiger charge is -2.31. The molecule has 0 atom stereocenters. The van der Waals surface area contributed by atoms with Crippen molar-refractivity contribution < 1.29 is 10.2 Å². The normalized spacial score (nSPS) is 11.8. The molecule has 3 heteroatoms. The topological polar surface area (TPSA) is 40.5 Å². The summed E-state index contributed by atoms with van der Waals surface area (Å²) in [6.07, 6.45) is 13.7. The molecule has 0 spiro atoms. The van der Waals surface area contributed by atoms with Crippen molar-refractivity contribution in [3.8, 4) is 11.5 Å². The first-order valence-corrected chi connectivity index (χ1v) is 19.1. The summed E-state index contributed by atoms with van der Waals surface area (Å²) >= 11 is 0. The lowest BCUT2D eigenvalue weighted by Crippen LogP contribution is -2.33. The van der Waals surface area contributed by atoms with Gasteiger partial charge in [0.2, 0.25) is 0 Å². The number of benzene rings is 5. The smallest absolute Gasteiger partial charge is 0.115 e. The van der Waals surface area contributed by atoms with Gasteiger partial charge in [-0.05, 0) is 91.1 Å². The second kappa shape index (κ2) is 16.6. The predicted molar refractivity (Wildman–Crippen MR) is 199 cm³/mol. The second-order valence-corrected chi connectivity index (χ2v) is 16.5. The van der Waals surface area contributed by atoms with Crippen molar-refractivity contribution in [2.75, 3.05) is 6.16 Å². The first kappa shape index (κ1) is 33.5. The van der Waals surface area contributed by atoms with Gasteiger partial charge in [0.25, 0.3) is 0 Å². The quantitative estimate of drug-likeness (QED) is 0.0794. The Kier molecular flexibility index (Phi) is 12.1. The fraction of sp³-hybridized carbons (Fsp3) is 0.302. The Labute approximate surface area is 277 Å². The summed E-state index contributed by atoms with van der Waals surface area (Å²) in [6, 6.07) is 49.0. The zero-order chi connectivity index (χ0) is 32.1. The molecule has 0 unspecified atom stereocenters. The molecule has 0 saturated carbocycles. The standard InChI is InChI=1S/C43H49O2P/c1-43(36-26-30-38(44)31-27-36,37-28-32-39(45)33-29-37)34-18-7-5-3-2-4-6-8-19-35-46(40-20-12-9-13-21-40,41-22-14-10-15-23-41)42-24-16-11-17-25-42/h9-17,20-33H,2-8,18-19,34-35H2,1H3,(H-,44,45)/p+1. The summed E-state index contributed by atoms with van der Waals surface area (Å²) in [5.41, 5.74) is 2.25. The van der Waals surface area contributed by atoms with Crippen LogP contribution in [0.5, 0.6) is 11.5 Å². The average molecular weight is 630 g/mol. The van der Waals surface area contributed by atoms with Gasteiger partial charge in [0.1, 0.15) is 34.7 Å². The van der Waals surface area contributed by atoms with E-state index in [1.54, 1.807) is 24.3 Å². The Morgan fingerprint density at radius 1 is 0.413 bits per heavy atom. The molecule has 0 aliphatic heterocycles. The molecule has 238 valence electrons. The SMILES string of the molecule is CC(CCCCCCCCCCC[P+](c1ccccc1)(c1ccccc1)c1ccccc1)(c1ccc(O)cc1)c1ccc(O)cc1. The lowest BCUT2D eigenvalue weighted by atomic mass is 9.72. The summed E-state index contributed by atoms with van der Waals surface area (Å²) < 4.78 is 0. The van der Waals surface area contributed by atoms with Crippen molar-refractivity contribution in [3.05, 3.63) is 151 Å². The van der Waals surface area contributed by atoms with Crippen LogP contribution in [0.25, 0.3) is 0 Å². The summed E-state index contributed by atoms with van der Waals surface area (Å²) in [4.78, 5) is 0. The second-order valence-electron chi connectivity index (χ2n) is 12.9. The molecule has 0 aromatic heterocycles. The van der Waals surface area contributed by atoms with E-state index in [0.717, 1.165) is 12.8 Å². The molecule has 2 nitrogen and oxygen atoms in total. The largest absolute Gasteiger partial charge is 0.508 e. The van der Waals surface area contributed by atoms with Gasteiger partial charge in [-0.25, -0.2) is 0 Å². The summed E-state index contributed by atoms with van der Waals surface area (Å²) in [5.74, 6) is 0.586. The van der Waals surface area contributed by atoms with E-state index in [0.29, 0.717) is 11.5 Å². The maximum absolute atomic E-state index is 9.84. The third kappa shape index (κ3) is 8.28. The molecule has 0 fully saturated rings. The first-order valence-electron chi connectivity index (χ1n) is 17.2. The molecule has 0 saturated heterocycles. The van der Waals surface area contributed by atoms with Crippen molar-refractivity contribution in [2.45, 2.75) is 76.5 Å². The molecule has 5 rings (SSSR count). The van der Waals surface area contributed by atoms with Gasteiger partial charge < -0.3 is 10.2 Å². The number of phenolic OH excluding ortho intramolecular Hbond substituents is 2. The third-order valence-electron chi connectivity index (χ3n) is 9.77. The van der Waals surface area contributed by atoms with Crippen molar-refractivity contribution in [1.29, 1.82) is 0 Å². The first-order chi connectivity index (χ1) is 22.5. The number of unbranched alkanes of at least 4 members (excludes halogenated alkanes) is 8. The van der Waals surface area contributed by atoms with Crippen molar-refractivity contribution in [2.24, 2.45) is 0 Å². The highest BCUT2D eigenvalue weighted by Crippen LogP contribution is 2.56. The Bertz CT molecular complexity index is 1420. The fourth-order valence-corrected chi connectivity index (χ4v) is 11.5. The van der Waals surface area contributed by atoms with Crippen molar-refractivity contribution in [3.63, 3.8) is 0 Å². The van der Waals surface area contributed by atoms with Crippen LogP contribution in [0.15, 0.2) is 140 Å². The highest BCUT2D eigenvalue weighted by molar-refractivity contribution is 7.95. The molecule has 46 heavy (non-hydrogen) atoms. The molecular formula is C43H50O2P+. The average Bonchev–Trinajstić information content (AvgIpc) is 3.10. The predicted octanol–water partition coefficient (Wildman–Crippen LogP) is 10.3. The van der Waals surface area contributed by atoms with Crippen LogP contribution in [0.1, 0.15) is 82.3 Å². The van der Waals surface area contributed by atoms with Crippen LogP contribution in [0.2, 0.25) is 0 Å². The van der Waals surface area contributed by atoms with E-state index < -0.39 is 7.26 Å².